The molecule has 0 aliphatic rings. The largest absolute Gasteiger partial charge is 0.545 e. The number of fused-ring (bicyclic) bond motifs is 1. The highest BCUT2D eigenvalue weighted by atomic mass is 16.4. The number of aromatic nitrogens is 2. The van der Waals surface area contributed by atoms with Gasteiger partial charge in [0.05, 0.1) is 11.5 Å². The molecule has 0 unspecified atom stereocenters. The van der Waals surface area contributed by atoms with Gasteiger partial charge < -0.3 is 9.90 Å². The predicted octanol–water partition coefficient (Wildman–Crippen LogP) is 4.71. The van der Waals surface area contributed by atoms with Gasteiger partial charge in [-0.2, -0.15) is 0 Å². The zero-order valence-corrected chi connectivity index (χ0v) is 16.9. The van der Waals surface area contributed by atoms with Crippen LogP contribution in [0.25, 0.3) is 33.7 Å². The molecule has 0 aliphatic heterocycles. The van der Waals surface area contributed by atoms with Gasteiger partial charge in [-0.1, -0.05) is 38.1 Å². The SMILES string of the molecule is CC(C)c1cc(-c2cccc(/C=C(\C(=O)[O-])c3ccncc3)c2)c2ncccc2c1. The second kappa shape index (κ2) is 8.29. The number of carbonyl (C=O) groups is 1. The molecule has 4 aromatic rings. The van der Waals surface area contributed by atoms with E-state index in [1.807, 2.05) is 30.3 Å². The normalized spacial score (nSPS) is 11.8. The van der Waals surface area contributed by atoms with Gasteiger partial charge in [-0.15, -0.1) is 0 Å². The summed E-state index contributed by atoms with van der Waals surface area (Å²) in [6, 6.07) is 19.5. The summed E-state index contributed by atoms with van der Waals surface area (Å²) in [4.78, 5) is 20.3. The molecule has 2 aromatic carbocycles. The van der Waals surface area contributed by atoms with Gasteiger partial charge in [-0.25, -0.2) is 0 Å². The van der Waals surface area contributed by atoms with Crippen molar-refractivity contribution in [2.75, 3.05) is 0 Å². The molecule has 0 saturated carbocycles. The second-order valence-corrected chi connectivity index (χ2v) is 7.51. The van der Waals surface area contributed by atoms with Gasteiger partial charge in [0.15, 0.2) is 0 Å². The van der Waals surface area contributed by atoms with E-state index in [2.05, 4.69) is 42.0 Å². The molecule has 0 fully saturated rings. The Balaban J connectivity index is 1.86. The molecular formula is C26H21N2O2-. The van der Waals surface area contributed by atoms with Crippen molar-refractivity contribution in [2.45, 2.75) is 19.8 Å². The number of aliphatic carboxylic acids is 1. The van der Waals surface area contributed by atoms with E-state index in [-0.39, 0.29) is 5.57 Å². The number of hydrogen-bond donors (Lipinski definition) is 0. The van der Waals surface area contributed by atoms with Crippen LogP contribution in [-0.2, 0) is 4.79 Å². The quantitative estimate of drug-likeness (QED) is 0.461. The highest BCUT2D eigenvalue weighted by Crippen LogP contribution is 2.32. The van der Waals surface area contributed by atoms with Crippen LogP contribution in [0.4, 0.5) is 0 Å². The van der Waals surface area contributed by atoms with Crippen LogP contribution >= 0.6 is 0 Å². The van der Waals surface area contributed by atoms with Gasteiger partial charge in [-0.05, 0) is 70.6 Å². The zero-order valence-electron chi connectivity index (χ0n) is 16.9. The fourth-order valence-electron chi connectivity index (χ4n) is 3.52. The van der Waals surface area contributed by atoms with Crippen LogP contribution in [0.5, 0.6) is 0 Å². The molecule has 0 bridgehead atoms. The summed E-state index contributed by atoms with van der Waals surface area (Å²) in [5, 5.41) is 12.8. The molecule has 30 heavy (non-hydrogen) atoms. The molecule has 2 heterocycles. The maximum absolute atomic E-state index is 11.7. The Morgan fingerprint density at radius 1 is 0.967 bits per heavy atom. The Labute approximate surface area is 175 Å². The third-order valence-electron chi connectivity index (χ3n) is 5.11. The molecule has 148 valence electrons. The summed E-state index contributed by atoms with van der Waals surface area (Å²) in [5.74, 6) is -0.840. The molecule has 4 rings (SSSR count). The molecule has 0 saturated heterocycles. The minimum atomic E-state index is -1.22. The third kappa shape index (κ3) is 3.98. The van der Waals surface area contributed by atoms with E-state index in [4.69, 9.17) is 0 Å². The minimum absolute atomic E-state index is 0.119. The predicted molar refractivity (Wildman–Crippen MR) is 118 cm³/mol. The molecule has 0 amide bonds. The number of carboxylic acid groups (broad SMARTS) is 1. The van der Waals surface area contributed by atoms with Gasteiger partial charge in [0.25, 0.3) is 0 Å². The van der Waals surface area contributed by atoms with Crippen LogP contribution in [-0.4, -0.2) is 15.9 Å². The summed E-state index contributed by atoms with van der Waals surface area (Å²) in [5.41, 5.74) is 5.64. The van der Waals surface area contributed by atoms with Gasteiger partial charge in [-0.3, -0.25) is 9.97 Å². The minimum Gasteiger partial charge on any atom is -0.545 e. The number of hydrogen-bond acceptors (Lipinski definition) is 4. The lowest BCUT2D eigenvalue weighted by atomic mass is 9.93. The fourth-order valence-corrected chi connectivity index (χ4v) is 3.52. The molecule has 4 heteroatoms. The van der Waals surface area contributed by atoms with Crippen molar-refractivity contribution in [2.24, 2.45) is 0 Å². The maximum Gasteiger partial charge on any atom is 0.0780 e. The summed E-state index contributed by atoms with van der Waals surface area (Å²) < 4.78 is 0. The van der Waals surface area contributed by atoms with Crippen molar-refractivity contribution in [3.8, 4) is 11.1 Å². The Bertz CT molecular complexity index is 1240. The lowest BCUT2D eigenvalue weighted by Crippen LogP contribution is -2.23. The molecule has 0 spiro atoms. The average Bonchev–Trinajstić information content (AvgIpc) is 2.77. The number of rotatable bonds is 5. The molecule has 0 radical (unpaired) electrons. The molecule has 0 N–H and O–H groups in total. The molecule has 0 aliphatic carbocycles. The van der Waals surface area contributed by atoms with Crippen LogP contribution in [0.1, 0.15) is 36.5 Å². The van der Waals surface area contributed by atoms with Crippen molar-refractivity contribution in [1.29, 1.82) is 0 Å². The molecular weight excluding hydrogens is 372 g/mol. The lowest BCUT2D eigenvalue weighted by Gasteiger charge is -2.13. The zero-order chi connectivity index (χ0) is 21.1. The van der Waals surface area contributed by atoms with E-state index in [1.54, 1.807) is 36.8 Å². The second-order valence-electron chi connectivity index (χ2n) is 7.51. The maximum atomic E-state index is 11.7. The van der Waals surface area contributed by atoms with Gasteiger partial charge in [0.2, 0.25) is 0 Å². The highest BCUT2D eigenvalue weighted by molar-refractivity contribution is 6.19. The van der Waals surface area contributed by atoms with E-state index in [0.29, 0.717) is 11.5 Å². The van der Waals surface area contributed by atoms with Gasteiger partial charge >= 0.3 is 0 Å². The van der Waals surface area contributed by atoms with Gasteiger partial charge in [0, 0.05) is 35.1 Å². The standard InChI is InChI=1S/C26H22N2O2/c1-17(2)22-15-21-7-4-10-28-25(21)23(16-22)20-6-3-5-18(13-20)14-24(26(29)30)19-8-11-27-12-9-19/h3-17H,1-2H3,(H,29,30)/p-1/b24-14-. The molecule has 0 atom stereocenters. The van der Waals surface area contributed by atoms with Crippen molar-refractivity contribution >= 4 is 28.5 Å². The third-order valence-corrected chi connectivity index (χ3v) is 5.11. The van der Waals surface area contributed by atoms with Crippen LogP contribution in [0.15, 0.2) is 79.3 Å². The Morgan fingerprint density at radius 3 is 2.50 bits per heavy atom. The molecule has 4 nitrogen and oxygen atoms in total. The van der Waals surface area contributed by atoms with Crippen LogP contribution in [0.3, 0.4) is 0 Å². The first-order valence-corrected chi connectivity index (χ1v) is 9.85. The Kier molecular flexibility index (Phi) is 5.40. The summed E-state index contributed by atoms with van der Waals surface area (Å²) in [6.07, 6.45) is 6.56. The van der Waals surface area contributed by atoms with Crippen LogP contribution < -0.4 is 5.11 Å². The van der Waals surface area contributed by atoms with Crippen molar-refractivity contribution in [3.05, 3.63) is 95.9 Å². The van der Waals surface area contributed by atoms with E-state index >= 15 is 0 Å². The first-order valence-electron chi connectivity index (χ1n) is 9.85. The summed E-state index contributed by atoms with van der Waals surface area (Å²) in [7, 11) is 0. The Hall–Kier alpha value is -3.79. The van der Waals surface area contributed by atoms with Gasteiger partial charge in [0.1, 0.15) is 0 Å². The highest BCUT2D eigenvalue weighted by Gasteiger charge is 2.11. The first-order chi connectivity index (χ1) is 14.5. The number of nitrogens with zero attached hydrogens (tertiary/aromatic N) is 2. The Morgan fingerprint density at radius 2 is 1.77 bits per heavy atom. The van der Waals surface area contributed by atoms with E-state index in [1.165, 1.54) is 5.56 Å². The van der Waals surface area contributed by atoms with Crippen LogP contribution in [0.2, 0.25) is 0 Å². The van der Waals surface area contributed by atoms with E-state index in [9.17, 15) is 9.90 Å². The number of pyridine rings is 2. The number of benzene rings is 2. The lowest BCUT2D eigenvalue weighted by molar-refractivity contribution is -0.295. The average molecular weight is 393 g/mol. The van der Waals surface area contributed by atoms with Crippen molar-refractivity contribution in [3.63, 3.8) is 0 Å². The van der Waals surface area contributed by atoms with Crippen LogP contribution in [0, 0.1) is 0 Å². The van der Waals surface area contributed by atoms with E-state index < -0.39 is 5.97 Å². The molecule has 2 aromatic heterocycles. The van der Waals surface area contributed by atoms with Crippen molar-refractivity contribution < 1.29 is 9.90 Å². The monoisotopic (exact) mass is 393 g/mol. The summed E-state index contributed by atoms with van der Waals surface area (Å²) >= 11 is 0. The van der Waals surface area contributed by atoms with Crippen molar-refractivity contribution in [1.82, 2.24) is 9.97 Å². The fraction of sp³-hybridized carbons (Fsp3) is 0.115. The smallest absolute Gasteiger partial charge is 0.0780 e. The van der Waals surface area contributed by atoms with E-state index in [0.717, 1.165) is 27.6 Å². The summed E-state index contributed by atoms with van der Waals surface area (Å²) in [6.45, 7) is 4.34. The topological polar surface area (TPSA) is 65.9 Å². The number of carbonyl (C=O) groups excluding carboxylic acids is 1. The first kappa shape index (κ1) is 19.5. The number of carboxylic acids is 1.